The van der Waals surface area contributed by atoms with E-state index < -0.39 is 0 Å². The molecule has 0 aliphatic carbocycles. The van der Waals surface area contributed by atoms with Crippen molar-refractivity contribution in [2.45, 2.75) is 26.2 Å². The van der Waals surface area contributed by atoms with Crippen molar-refractivity contribution in [3.63, 3.8) is 0 Å². The van der Waals surface area contributed by atoms with Crippen LogP contribution in [0.25, 0.3) is 6.08 Å². The second-order valence-corrected chi connectivity index (χ2v) is 5.07. The minimum Gasteiger partial charge on any atom is -0.299 e. The first kappa shape index (κ1) is 14.3. The Labute approximate surface area is 121 Å². The third-order valence-electron chi connectivity index (χ3n) is 3.55. The molecule has 0 aliphatic heterocycles. The van der Waals surface area contributed by atoms with E-state index in [-0.39, 0.29) is 11.7 Å². The number of Topliss-reactive ketones (excluding diaryl/α,β-unsaturated/α-hetero) is 1. The Balaban J connectivity index is 2.11. The van der Waals surface area contributed by atoms with E-state index in [1.54, 1.807) is 6.92 Å². The Kier molecular flexibility index (Phi) is 4.89. The maximum Gasteiger partial charge on any atom is 0.137 e. The molecular formula is C19H20O. The lowest BCUT2D eigenvalue weighted by Gasteiger charge is -2.11. The Morgan fingerprint density at radius 3 is 2.35 bits per heavy atom. The fourth-order valence-corrected chi connectivity index (χ4v) is 2.33. The van der Waals surface area contributed by atoms with Gasteiger partial charge in [-0.2, -0.15) is 0 Å². The van der Waals surface area contributed by atoms with Crippen molar-refractivity contribution in [3.05, 3.63) is 77.4 Å². The number of carbonyl (C=O) groups is 1. The van der Waals surface area contributed by atoms with Gasteiger partial charge in [0.25, 0.3) is 0 Å². The topological polar surface area (TPSA) is 17.1 Å². The minimum atomic E-state index is -0.0449. The Morgan fingerprint density at radius 1 is 1.05 bits per heavy atom. The molecule has 0 saturated carbocycles. The molecule has 0 aliphatic rings. The maximum atomic E-state index is 11.8. The number of hydrogen-bond donors (Lipinski definition) is 0. The van der Waals surface area contributed by atoms with Gasteiger partial charge in [0.2, 0.25) is 0 Å². The third kappa shape index (κ3) is 3.67. The zero-order valence-electron chi connectivity index (χ0n) is 12.0. The molecule has 0 N–H and O–H groups in total. The molecule has 1 nitrogen and oxygen atoms in total. The average Bonchev–Trinajstić information content (AvgIpc) is 2.46. The number of allylic oxidation sites excluding steroid dienone is 1. The van der Waals surface area contributed by atoms with Crippen LogP contribution >= 0.6 is 0 Å². The predicted octanol–water partition coefficient (Wildman–Crippen LogP) is 4.77. The van der Waals surface area contributed by atoms with Crippen LogP contribution in [0.5, 0.6) is 0 Å². The highest BCUT2D eigenvalue weighted by atomic mass is 16.1. The van der Waals surface area contributed by atoms with Crippen LogP contribution in [0, 0.1) is 6.92 Å². The van der Waals surface area contributed by atoms with Gasteiger partial charge in [-0.1, -0.05) is 66.7 Å². The first-order valence-electron chi connectivity index (χ1n) is 6.96. The number of carbonyl (C=O) groups excluding carboxylic acids is 1. The first-order chi connectivity index (χ1) is 9.68. The molecule has 0 radical (unpaired) electrons. The number of hydrogen-bond acceptors (Lipinski definition) is 1. The van der Waals surface area contributed by atoms with Gasteiger partial charge >= 0.3 is 0 Å². The normalized spacial score (nSPS) is 12.5. The van der Waals surface area contributed by atoms with Crippen LogP contribution in [0.15, 0.2) is 60.7 Å². The fraction of sp³-hybridized carbons (Fsp3) is 0.211. The molecule has 1 atom stereocenters. The van der Waals surface area contributed by atoms with E-state index in [2.05, 4.69) is 31.2 Å². The van der Waals surface area contributed by atoms with Crippen molar-refractivity contribution >= 4 is 11.9 Å². The van der Waals surface area contributed by atoms with Crippen LogP contribution < -0.4 is 0 Å². The fourth-order valence-electron chi connectivity index (χ4n) is 2.33. The summed E-state index contributed by atoms with van der Waals surface area (Å²) >= 11 is 0. The molecule has 0 saturated heterocycles. The lowest BCUT2D eigenvalue weighted by Crippen LogP contribution is -2.07. The zero-order valence-corrected chi connectivity index (χ0v) is 12.0. The molecule has 1 unspecified atom stereocenters. The molecule has 0 spiro atoms. The molecule has 102 valence electrons. The van der Waals surface area contributed by atoms with E-state index in [1.165, 1.54) is 11.1 Å². The van der Waals surface area contributed by atoms with Gasteiger partial charge in [0.1, 0.15) is 5.78 Å². The summed E-state index contributed by atoms with van der Waals surface area (Å²) in [5.74, 6) is 0.169. The van der Waals surface area contributed by atoms with E-state index in [1.807, 2.05) is 42.5 Å². The lowest BCUT2D eigenvalue weighted by molar-refractivity contribution is -0.118. The van der Waals surface area contributed by atoms with Crippen molar-refractivity contribution in [2.24, 2.45) is 0 Å². The van der Waals surface area contributed by atoms with E-state index >= 15 is 0 Å². The quantitative estimate of drug-likeness (QED) is 0.760. The minimum absolute atomic E-state index is 0.0449. The van der Waals surface area contributed by atoms with Gasteiger partial charge in [-0.15, -0.1) is 0 Å². The van der Waals surface area contributed by atoms with Crippen LogP contribution in [-0.4, -0.2) is 5.78 Å². The standard InChI is InChI=1S/C19H20O/c1-15-9-6-7-10-17(15)13-8-14-19(16(2)20)18-11-4-3-5-12-18/h3-13,19H,14H2,1-2H3. The van der Waals surface area contributed by atoms with Crippen molar-refractivity contribution < 1.29 is 4.79 Å². The second kappa shape index (κ2) is 6.85. The Morgan fingerprint density at radius 2 is 1.70 bits per heavy atom. The Bertz CT molecular complexity index is 596. The van der Waals surface area contributed by atoms with Crippen molar-refractivity contribution in [2.75, 3.05) is 0 Å². The number of rotatable bonds is 5. The van der Waals surface area contributed by atoms with Crippen molar-refractivity contribution in [1.29, 1.82) is 0 Å². The molecular weight excluding hydrogens is 244 g/mol. The summed E-state index contributed by atoms with van der Waals surface area (Å²) in [6.07, 6.45) is 4.95. The summed E-state index contributed by atoms with van der Waals surface area (Å²) < 4.78 is 0. The molecule has 0 heterocycles. The molecule has 0 amide bonds. The third-order valence-corrected chi connectivity index (χ3v) is 3.55. The van der Waals surface area contributed by atoms with Gasteiger partial charge in [0.15, 0.2) is 0 Å². The summed E-state index contributed by atoms with van der Waals surface area (Å²) in [6, 6.07) is 18.2. The maximum absolute atomic E-state index is 11.8. The van der Waals surface area contributed by atoms with Gasteiger partial charge in [-0.3, -0.25) is 4.79 Å². The van der Waals surface area contributed by atoms with Crippen molar-refractivity contribution in [3.8, 4) is 0 Å². The van der Waals surface area contributed by atoms with Crippen LogP contribution in [0.2, 0.25) is 0 Å². The summed E-state index contributed by atoms with van der Waals surface area (Å²) in [5, 5.41) is 0. The highest BCUT2D eigenvalue weighted by molar-refractivity contribution is 5.83. The SMILES string of the molecule is CC(=O)C(CC=Cc1ccccc1C)c1ccccc1. The van der Waals surface area contributed by atoms with Gasteiger partial charge in [-0.05, 0) is 37.0 Å². The molecule has 2 aromatic rings. The molecule has 0 aromatic heterocycles. The second-order valence-electron chi connectivity index (χ2n) is 5.07. The van der Waals surface area contributed by atoms with Gasteiger partial charge < -0.3 is 0 Å². The molecule has 1 heteroatoms. The van der Waals surface area contributed by atoms with Gasteiger partial charge in [0, 0.05) is 5.92 Å². The van der Waals surface area contributed by atoms with Crippen LogP contribution in [0.3, 0.4) is 0 Å². The number of ketones is 1. The monoisotopic (exact) mass is 264 g/mol. The van der Waals surface area contributed by atoms with Gasteiger partial charge in [0.05, 0.1) is 0 Å². The average molecular weight is 264 g/mol. The van der Waals surface area contributed by atoms with E-state index in [0.717, 1.165) is 12.0 Å². The molecule has 2 aromatic carbocycles. The van der Waals surface area contributed by atoms with Crippen LogP contribution in [0.4, 0.5) is 0 Å². The number of benzene rings is 2. The zero-order chi connectivity index (χ0) is 14.4. The molecule has 0 bridgehead atoms. The van der Waals surface area contributed by atoms with E-state index in [0.29, 0.717) is 0 Å². The lowest BCUT2D eigenvalue weighted by atomic mass is 9.92. The summed E-state index contributed by atoms with van der Waals surface area (Å²) in [7, 11) is 0. The highest BCUT2D eigenvalue weighted by Gasteiger charge is 2.14. The highest BCUT2D eigenvalue weighted by Crippen LogP contribution is 2.22. The molecule has 2 rings (SSSR count). The predicted molar refractivity (Wildman–Crippen MR) is 84.7 cm³/mol. The van der Waals surface area contributed by atoms with Crippen LogP contribution in [-0.2, 0) is 4.79 Å². The smallest absolute Gasteiger partial charge is 0.137 e. The largest absolute Gasteiger partial charge is 0.299 e. The summed E-state index contributed by atoms with van der Waals surface area (Å²) in [6.45, 7) is 3.76. The summed E-state index contributed by atoms with van der Waals surface area (Å²) in [5.41, 5.74) is 3.56. The molecule has 0 fully saturated rings. The van der Waals surface area contributed by atoms with Crippen molar-refractivity contribution in [1.82, 2.24) is 0 Å². The number of aryl methyl sites for hydroxylation is 1. The summed E-state index contributed by atoms with van der Waals surface area (Å²) in [4.78, 5) is 11.8. The first-order valence-corrected chi connectivity index (χ1v) is 6.96. The van der Waals surface area contributed by atoms with Gasteiger partial charge in [-0.25, -0.2) is 0 Å². The van der Waals surface area contributed by atoms with Crippen LogP contribution in [0.1, 0.15) is 36.0 Å². The Hall–Kier alpha value is -2.15. The molecule has 20 heavy (non-hydrogen) atoms. The van der Waals surface area contributed by atoms with E-state index in [9.17, 15) is 4.79 Å². The van der Waals surface area contributed by atoms with E-state index in [4.69, 9.17) is 0 Å².